The highest BCUT2D eigenvalue weighted by Gasteiger charge is 2.35. The second-order valence-electron chi connectivity index (χ2n) is 6.23. The number of hydrogen-bond acceptors (Lipinski definition) is 2. The van der Waals surface area contributed by atoms with Crippen LogP contribution in [0.3, 0.4) is 0 Å². The predicted octanol–water partition coefficient (Wildman–Crippen LogP) is 5.31. The van der Waals surface area contributed by atoms with Gasteiger partial charge in [-0.25, -0.2) is 0 Å². The lowest BCUT2D eigenvalue weighted by molar-refractivity contribution is -0.119. The fourth-order valence-corrected chi connectivity index (χ4v) is 3.93. The first-order valence-corrected chi connectivity index (χ1v) is 9.75. The van der Waals surface area contributed by atoms with E-state index in [-0.39, 0.29) is 11.8 Å². The Morgan fingerprint density at radius 1 is 1.19 bits per heavy atom. The Morgan fingerprint density at radius 3 is 2.69 bits per heavy atom. The Balaban J connectivity index is 1.80. The van der Waals surface area contributed by atoms with E-state index in [0.717, 1.165) is 22.1 Å². The van der Waals surface area contributed by atoms with Gasteiger partial charge in [-0.3, -0.25) is 9.59 Å². The van der Waals surface area contributed by atoms with E-state index in [9.17, 15) is 9.59 Å². The third-order valence-corrected chi connectivity index (χ3v) is 5.48. The van der Waals surface area contributed by atoms with E-state index in [2.05, 4.69) is 21.2 Å². The summed E-state index contributed by atoms with van der Waals surface area (Å²) < 4.78 is 0.946. The number of amides is 2. The molecule has 0 radical (unpaired) electrons. The van der Waals surface area contributed by atoms with Gasteiger partial charge in [0.1, 0.15) is 6.04 Å². The molecule has 3 rings (SSSR count). The van der Waals surface area contributed by atoms with Crippen LogP contribution in [0.25, 0.3) is 0 Å². The van der Waals surface area contributed by atoms with Gasteiger partial charge in [0, 0.05) is 21.7 Å². The molecule has 4 nitrogen and oxygen atoms in total. The van der Waals surface area contributed by atoms with Gasteiger partial charge in [0.05, 0.1) is 10.6 Å². The number of nitrogens with one attached hydrogen (secondary N) is 1. The molecule has 1 fully saturated rings. The van der Waals surface area contributed by atoms with Gasteiger partial charge in [0.25, 0.3) is 5.91 Å². The Hall–Kier alpha value is -1.56. The van der Waals surface area contributed by atoms with Crippen LogP contribution in [0, 0.1) is 6.92 Å². The molecule has 1 aliphatic rings. The molecular weight excluding hydrogens is 439 g/mol. The van der Waals surface area contributed by atoms with Crippen molar-refractivity contribution in [3.63, 3.8) is 0 Å². The standard InChI is InChI=1S/C19H17BrCl2N2O2/c1-11-9-12(20)4-7-16(11)23-18(25)17-3-2-8-24(17)19(26)14-10-13(21)5-6-15(14)22/h4-7,9-10,17H,2-3,8H2,1H3,(H,23,25). The summed E-state index contributed by atoms with van der Waals surface area (Å²) >= 11 is 15.5. The van der Waals surface area contributed by atoms with Crippen LogP contribution in [0.5, 0.6) is 0 Å². The molecule has 1 unspecified atom stereocenters. The molecule has 1 saturated heterocycles. The molecule has 2 amide bonds. The lowest BCUT2D eigenvalue weighted by Gasteiger charge is -2.25. The largest absolute Gasteiger partial charge is 0.327 e. The topological polar surface area (TPSA) is 49.4 Å². The van der Waals surface area contributed by atoms with Crippen molar-refractivity contribution < 1.29 is 9.59 Å². The third-order valence-electron chi connectivity index (χ3n) is 4.42. The number of benzene rings is 2. The summed E-state index contributed by atoms with van der Waals surface area (Å²) in [6.45, 7) is 2.43. The third kappa shape index (κ3) is 4.05. The van der Waals surface area contributed by atoms with Crippen molar-refractivity contribution in [1.82, 2.24) is 4.90 Å². The summed E-state index contributed by atoms with van der Waals surface area (Å²) in [5.74, 6) is -0.470. The molecule has 2 aromatic rings. The molecule has 1 aliphatic heterocycles. The van der Waals surface area contributed by atoms with Gasteiger partial charge in [-0.1, -0.05) is 39.1 Å². The monoisotopic (exact) mass is 454 g/mol. The van der Waals surface area contributed by atoms with Crippen LogP contribution >= 0.6 is 39.1 Å². The van der Waals surface area contributed by atoms with E-state index in [4.69, 9.17) is 23.2 Å². The van der Waals surface area contributed by atoms with Crippen LogP contribution in [0.1, 0.15) is 28.8 Å². The average Bonchev–Trinajstić information content (AvgIpc) is 3.08. The van der Waals surface area contributed by atoms with E-state index < -0.39 is 6.04 Å². The van der Waals surface area contributed by atoms with E-state index in [1.807, 2.05) is 25.1 Å². The fourth-order valence-electron chi connectivity index (χ4n) is 3.08. The normalized spacial score (nSPS) is 16.6. The van der Waals surface area contributed by atoms with Crippen LogP contribution in [-0.4, -0.2) is 29.3 Å². The number of nitrogens with zero attached hydrogens (tertiary/aromatic N) is 1. The van der Waals surface area contributed by atoms with Crippen molar-refractivity contribution >= 4 is 56.6 Å². The molecular formula is C19H17BrCl2N2O2. The second-order valence-corrected chi connectivity index (χ2v) is 7.99. The molecule has 1 N–H and O–H groups in total. The van der Waals surface area contributed by atoms with Crippen LogP contribution in [0.2, 0.25) is 10.0 Å². The number of likely N-dealkylation sites (tertiary alicyclic amines) is 1. The number of carbonyl (C=O) groups excluding carboxylic acids is 2. The molecule has 1 atom stereocenters. The number of halogens is 3. The predicted molar refractivity (Wildman–Crippen MR) is 108 cm³/mol. The van der Waals surface area contributed by atoms with Crippen molar-refractivity contribution in [2.45, 2.75) is 25.8 Å². The van der Waals surface area contributed by atoms with Crippen molar-refractivity contribution in [3.8, 4) is 0 Å². The van der Waals surface area contributed by atoms with Crippen LogP contribution in [0.4, 0.5) is 5.69 Å². The summed E-state index contributed by atoms with van der Waals surface area (Å²) in [6, 6.07) is 9.87. The summed E-state index contributed by atoms with van der Waals surface area (Å²) in [5.41, 5.74) is 2.00. The number of rotatable bonds is 3. The molecule has 0 bridgehead atoms. The quantitative estimate of drug-likeness (QED) is 0.681. The summed E-state index contributed by atoms with van der Waals surface area (Å²) in [6.07, 6.45) is 1.38. The molecule has 136 valence electrons. The van der Waals surface area contributed by atoms with Crippen LogP contribution < -0.4 is 5.32 Å². The van der Waals surface area contributed by atoms with Crippen molar-refractivity contribution in [2.24, 2.45) is 0 Å². The highest BCUT2D eigenvalue weighted by molar-refractivity contribution is 9.10. The van der Waals surface area contributed by atoms with E-state index in [0.29, 0.717) is 28.6 Å². The molecule has 0 spiro atoms. The lowest BCUT2D eigenvalue weighted by atomic mass is 10.1. The Labute approximate surface area is 170 Å². The second kappa shape index (κ2) is 7.99. The van der Waals surface area contributed by atoms with Gasteiger partial charge in [0.15, 0.2) is 0 Å². The lowest BCUT2D eigenvalue weighted by Crippen LogP contribution is -2.43. The smallest absolute Gasteiger partial charge is 0.256 e. The highest BCUT2D eigenvalue weighted by atomic mass is 79.9. The zero-order chi connectivity index (χ0) is 18.8. The molecule has 0 aromatic heterocycles. The minimum Gasteiger partial charge on any atom is -0.327 e. The van der Waals surface area contributed by atoms with E-state index in [1.165, 1.54) is 0 Å². The van der Waals surface area contributed by atoms with Gasteiger partial charge in [0.2, 0.25) is 5.91 Å². The fraction of sp³-hybridized carbons (Fsp3) is 0.263. The first-order chi connectivity index (χ1) is 12.4. The number of carbonyl (C=O) groups is 2. The number of anilines is 1. The maximum atomic E-state index is 12.9. The van der Waals surface area contributed by atoms with E-state index >= 15 is 0 Å². The maximum Gasteiger partial charge on any atom is 0.256 e. The van der Waals surface area contributed by atoms with Crippen LogP contribution in [-0.2, 0) is 4.79 Å². The van der Waals surface area contributed by atoms with Gasteiger partial charge in [-0.05, 0) is 61.7 Å². The minimum atomic E-state index is -0.527. The number of hydrogen-bond donors (Lipinski definition) is 1. The van der Waals surface area contributed by atoms with Gasteiger partial charge < -0.3 is 10.2 Å². The van der Waals surface area contributed by atoms with Gasteiger partial charge in [-0.15, -0.1) is 0 Å². The first kappa shape index (κ1) is 19.2. The highest BCUT2D eigenvalue weighted by Crippen LogP contribution is 2.27. The van der Waals surface area contributed by atoms with Crippen molar-refractivity contribution in [1.29, 1.82) is 0 Å². The Kier molecular flexibility index (Phi) is 5.90. The maximum absolute atomic E-state index is 12.9. The average molecular weight is 456 g/mol. The van der Waals surface area contributed by atoms with Gasteiger partial charge in [-0.2, -0.15) is 0 Å². The molecule has 0 saturated carbocycles. The zero-order valence-electron chi connectivity index (χ0n) is 14.1. The van der Waals surface area contributed by atoms with Crippen LogP contribution in [0.15, 0.2) is 40.9 Å². The molecule has 26 heavy (non-hydrogen) atoms. The molecule has 2 aromatic carbocycles. The number of aryl methyl sites for hydroxylation is 1. The SMILES string of the molecule is Cc1cc(Br)ccc1NC(=O)C1CCCN1C(=O)c1cc(Cl)ccc1Cl. The molecule has 7 heteroatoms. The summed E-state index contributed by atoms with van der Waals surface area (Å²) in [4.78, 5) is 27.2. The van der Waals surface area contributed by atoms with Crippen molar-refractivity contribution in [3.05, 3.63) is 62.0 Å². The zero-order valence-corrected chi connectivity index (χ0v) is 17.2. The first-order valence-electron chi connectivity index (χ1n) is 8.20. The molecule has 0 aliphatic carbocycles. The van der Waals surface area contributed by atoms with Gasteiger partial charge >= 0.3 is 0 Å². The summed E-state index contributed by atoms with van der Waals surface area (Å²) in [7, 11) is 0. The summed E-state index contributed by atoms with van der Waals surface area (Å²) in [5, 5.41) is 3.69. The molecule has 1 heterocycles. The minimum absolute atomic E-state index is 0.195. The Morgan fingerprint density at radius 2 is 1.96 bits per heavy atom. The van der Waals surface area contributed by atoms with E-state index in [1.54, 1.807) is 23.1 Å². The van der Waals surface area contributed by atoms with Crippen molar-refractivity contribution in [2.75, 3.05) is 11.9 Å². The Bertz CT molecular complexity index is 873.